The van der Waals surface area contributed by atoms with E-state index in [1.54, 1.807) is 17.0 Å². The van der Waals surface area contributed by atoms with Crippen molar-refractivity contribution >= 4 is 23.2 Å². The van der Waals surface area contributed by atoms with E-state index in [-0.39, 0.29) is 29.0 Å². The van der Waals surface area contributed by atoms with Crippen LogP contribution in [0.4, 0.5) is 11.4 Å². The largest absolute Gasteiger partial charge is 0.368 e. The number of benzene rings is 1. The minimum Gasteiger partial charge on any atom is -0.368 e. The summed E-state index contributed by atoms with van der Waals surface area (Å²) in [5.74, 6) is -0.161. The van der Waals surface area contributed by atoms with Crippen molar-refractivity contribution in [2.24, 2.45) is 5.92 Å². The van der Waals surface area contributed by atoms with Crippen molar-refractivity contribution in [3.63, 3.8) is 0 Å². The Morgan fingerprint density at radius 2 is 1.70 bits per heavy atom. The third-order valence-corrected chi connectivity index (χ3v) is 5.30. The van der Waals surface area contributed by atoms with Crippen LogP contribution in [0.15, 0.2) is 24.3 Å². The number of piperazine rings is 1. The van der Waals surface area contributed by atoms with Crippen LogP contribution in [0.3, 0.4) is 0 Å². The zero-order chi connectivity index (χ0) is 19.8. The smallest absolute Gasteiger partial charge is 0.269 e. The van der Waals surface area contributed by atoms with Gasteiger partial charge in [-0.25, -0.2) is 0 Å². The van der Waals surface area contributed by atoms with Gasteiger partial charge in [0, 0.05) is 62.5 Å². The number of anilines is 1. The fourth-order valence-electron chi connectivity index (χ4n) is 3.75. The minimum atomic E-state index is -0.413. The van der Waals surface area contributed by atoms with Crippen LogP contribution in [0.2, 0.25) is 0 Å². The Kier molecular flexibility index (Phi) is 5.08. The number of carbonyl (C=O) groups is 2. The molecule has 27 heavy (non-hydrogen) atoms. The average Bonchev–Trinajstić information content (AvgIpc) is 3.03. The third kappa shape index (κ3) is 4.04. The number of non-ortho nitro benzene ring substituents is 1. The maximum Gasteiger partial charge on any atom is 0.269 e. The van der Waals surface area contributed by atoms with E-state index in [4.69, 9.17) is 0 Å². The monoisotopic (exact) mass is 374 g/mol. The standard InChI is InChI=1S/C19H26N4O4/c1-19(2,3)22-13-14(12-17(22)24)18(25)21-10-8-20(9-11-21)15-4-6-16(7-5-15)23(26)27/h4-7,14H,8-13H2,1-3H3/t14-/m1/s1. The van der Waals surface area contributed by atoms with Crippen LogP contribution in [0, 0.1) is 16.0 Å². The summed E-state index contributed by atoms with van der Waals surface area (Å²) >= 11 is 0. The van der Waals surface area contributed by atoms with Gasteiger partial charge in [-0.3, -0.25) is 19.7 Å². The van der Waals surface area contributed by atoms with E-state index in [0.29, 0.717) is 39.1 Å². The highest BCUT2D eigenvalue weighted by atomic mass is 16.6. The summed E-state index contributed by atoms with van der Waals surface area (Å²) in [6.07, 6.45) is 0.290. The second-order valence-corrected chi connectivity index (χ2v) is 8.16. The molecule has 2 saturated heterocycles. The molecule has 0 aromatic heterocycles. The number of carbonyl (C=O) groups excluding carboxylic acids is 2. The summed E-state index contributed by atoms with van der Waals surface area (Å²) in [5.41, 5.74) is 0.727. The Balaban J connectivity index is 1.57. The fourth-order valence-corrected chi connectivity index (χ4v) is 3.75. The topological polar surface area (TPSA) is 87.0 Å². The summed E-state index contributed by atoms with van der Waals surface area (Å²) in [4.78, 5) is 41.2. The van der Waals surface area contributed by atoms with Gasteiger partial charge in [-0.15, -0.1) is 0 Å². The van der Waals surface area contributed by atoms with Crippen molar-refractivity contribution in [1.29, 1.82) is 0 Å². The first-order chi connectivity index (χ1) is 12.7. The van der Waals surface area contributed by atoms with Gasteiger partial charge in [-0.2, -0.15) is 0 Å². The van der Waals surface area contributed by atoms with Gasteiger partial charge < -0.3 is 14.7 Å². The van der Waals surface area contributed by atoms with Gasteiger partial charge >= 0.3 is 0 Å². The van der Waals surface area contributed by atoms with E-state index in [1.165, 1.54) is 12.1 Å². The molecule has 1 aromatic carbocycles. The van der Waals surface area contributed by atoms with Crippen molar-refractivity contribution in [2.75, 3.05) is 37.6 Å². The molecule has 0 radical (unpaired) electrons. The molecule has 2 amide bonds. The maximum absolute atomic E-state index is 12.8. The van der Waals surface area contributed by atoms with Gasteiger partial charge in [0.2, 0.25) is 11.8 Å². The Morgan fingerprint density at radius 1 is 1.11 bits per heavy atom. The molecule has 0 unspecified atom stereocenters. The Labute approximate surface area is 158 Å². The summed E-state index contributed by atoms with van der Waals surface area (Å²) in [6.45, 7) is 8.98. The Morgan fingerprint density at radius 3 is 2.19 bits per heavy atom. The van der Waals surface area contributed by atoms with Crippen LogP contribution in [0.1, 0.15) is 27.2 Å². The van der Waals surface area contributed by atoms with Crippen LogP contribution >= 0.6 is 0 Å². The highest BCUT2D eigenvalue weighted by molar-refractivity contribution is 5.89. The van der Waals surface area contributed by atoms with Crippen LogP contribution in [-0.4, -0.2) is 64.8 Å². The molecule has 1 atom stereocenters. The molecule has 8 nitrogen and oxygen atoms in total. The molecular formula is C19H26N4O4. The fraction of sp³-hybridized carbons (Fsp3) is 0.579. The molecule has 2 aliphatic heterocycles. The van der Waals surface area contributed by atoms with E-state index in [1.807, 2.05) is 25.7 Å². The average molecular weight is 374 g/mol. The van der Waals surface area contributed by atoms with E-state index in [0.717, 1.165) is 5.69 Å². The molecule has 0 bridgehead atoms. The lowest BCUT2D eigenvalue weighted by molar-refractivity contribution is -0.384. The number of amides is 2. The first-order valence-electron chi connectivity index (χ1n) is 9.25. The molecule has 0 saturated carbocycles. The number of likely N-dealkylation sites (tertiary alicyclic amines) is 1. The molecule has 0 aliphatic carbocycles. The minimum absolute atomic E-state index is 0.0466. The lowest BCUT2D eigenvalue weighted by Crippen LogP contribution is -2.51. The number of hydrogen-bond donors (Lipinski definition) is 0. The molecular weight excluding hydrogens is 348 g/mol. The predicted molar refractivity (Wildman–Crippen MR) is 101 cm³/mol. The van der Waals surface area contributed by atoms with Crippen molar-refractivity contribution in [1.82, 2.24) is 9.80 Å². The van der Waals surface area contributed by atoms with E-state index in [9.17, 15) is 19.7 Å². The summed E-state index contributed by atoms with van der Waals surface area (Å²) in [5, 5.41) is 10.8. The van der Waals surface area contributed by atoms with Crippen molar-refractivity contribution < 1.29 is 14.5 Å². The molecule has 2 heterocycles. The first-order valence-corrected chi connectivity index (χ1v) is 9.25. The number of nitro benzene ring substituents is 1. The quantitative estimate of drug-likeness (QED) is 0.596. The van der Waals surface area contributed by atoms with E-state index in [2.05, 4.69) is 4.90 Å². The summed E-state index contributed by atoms with van der Waals surface area (Å²) < 4.78 is 0. The van der Waals surface area contributed by atoms with Gasteiger partial charge in [-0.05, 0) is 32.9 Å². The van der Waals surface area contributed by atoms with Crippen molar-refractivity contribution in [3.8, 4) is 0 Å². The highest BCUT2D eigenvalue weighted by Crippen LogP contribution is 2.28. The van der Waals surface area contributed by atoms with Gasteiger partial charge in [0.05, 0.1) is 10.8 Å². The van der Waals surface area contributed by atoms with Crippen LogP contribution < -0.4 is 4.90 Å². The second-order valence-electron chi connectivity index (χ2n) is 8.16. The van der Waals surface area contributed by atoms with Crippen molar-refractivity contribution in [2.45, 2.75) is 32.7 Å². The normalized spacial score (nSPS) is 20.9. The van der Waals surface area contributed by atoms with E-state index < -0.39 is 4.92 Å². The molecule has 146 valence electrons. The van der Waals surface area contributed by atoms with Gasteiger partial charge in [-0.1, -0.05) is 0 Å². The summed E-state index contributed by atoms with van der Waals surface area (Å²) in [6, 6.07) is 6.48. The Hall–Kier alpha value is -2.64. The number of nitro groups is 1. The molecule has 0 N–H and O–H groups in total. The highest BCUT2D eigenvalue weighted by Gasteiger charge is 2.41. The molecule has 1 aromatic rings. The van der Waals surface area contributed by atoms with Gasteiger partial charge in [0.25, 0.3) is 5.69 Å². The molecule has 8 heteroatoms. The third-order valence-electron chi connectivity index (χ3n) is 5.30. The number of rotatable bonds is 3. The summed E-state index contributed by atoms with van der Waals surface area (Å²) in [7, 11) is 0. The van der Waals surface area contributed by atoms with Gasteiger partial charge in [0.1, 0.15) is 0 Å². The number of nitrogens with zero attached hydrogens (tertiary/aromatic N) is 4. The van der Waals surface area contributed by atoms with E-state index >= 15 is 0 Å². The van der Waals surface area contributed by atoms with Crippen LogP contribution in [-0.2, 0) is 9.59 Å². The van der Waals surface area contributed by atoms with Crippen molar-refractivity contribution in [3.05, 3.63) is 34.4 Å². The lowest BCUT2D eigenvalue weighted by atomic mass is 10.1. The second kappa shape index (κ2) is 7.17. The molecule has 3 rings (SSSR count). The first kappa shape index (κ1) is 19.1. The molecule has 0 spiro atoms. The SMILES string of the molecule is CC(C)(C)N1C[C@H](C(=O)N2CCN(c3ccc([N+](=O)[O-])cc3)CC2)CC1=O. The van der Waals surface area contributed by atoms with Crippen LogP contribution in [0.25, 0.3) is 0 Å². The molecule has 2 fully saturated rings. The zero-order valence-corrected chi connectivity index (χ0v) is 16.1. The zero-order valence-electron chi connectivity index (χ0n) is 16.1. The van der Waals surface area contributed by atoms with Crippen LogP contribution in [0.5, 0.6) is 0 Å². The number of hydrogen-bond acceptors (Lipinski definition) is 5. The molecule has 2 aliphatic rings. The van der Waals surface area contributed by atoms with Gasteiger partial charge in [0.15, 0.2) is 0 Å². The predicted octanol–water partition coefficient (Wildman–Crippen LogP) is 1.89. The lowest BCUT2D eigenvalue weighted by Gasteiger charge is -2.37. The Bertz CT molecular complexity index is 733. The maximum atomic E-state index is 12.8.